The number of nitrogens with zero attached hydrogens (tertiary/aromatic N) is 4. The van der Waals surface area contributed by atoms with Crippen LogP contribution in [0.5, 0.6) is 0 Å². The van der Waals surface area contributed by atoms with E-state index in [1.165, 1.54) is 9.58 Å². The van der Waals surface area contributed by atoms with Gasteiger partial charge in [0.1, 0.15) is 11.7 Å². The van der Waals surface area contributed by atoms with Crippen molar-refractivity contribution in [1.82, 2.24) is 35.8 Å². The van der Waals surface area contributed by atoms with E-state index in [-0.39, 0.29) is 68.5 Å². The molecule has 1 saturated heterocycles. The van der Waals surface area contributed by atoms with E-state index in [2.05, 4.69) is 31.6 Å². The van der Waals surface area contributed by atoms with Crippen molar-refractivity contribution in [1.29, 1.82) is 0 Å². The van der Waals surface area contributed by atoms with Crippen molar-refractivity contribution in [3.8, 4) is 0 Å². The van der Waals surface area contributed by atoms with E-state index < -0.39 is 24.0 Å². The second-order valence-electron chi connectivity index (χ2n) is 11.7. The Morgan fingerprint density at radius 1 is 0.957 bits per heavy atom. The Kier molecular flexibility index (Phi) is 14.3. The zero-order chi connectivity index (χ0) is 34.3. The number of aromatic nitrogens is 3. The number of hydrogen-bond acceptors (Lipinski definition) is 9. The van der Waals surface area contributed by atoms with Crippen LogP contribution < -0.4 is 27.0 Å². The third-order valence-electron chi connectivity index (χ3n) is 7.70. The van der Waals surface area contributed by atoms with Gasteiger partial charge in [-0.25, -0.2) is 9.48 Å². The largest absolute Gasteiger partial charge is 0.392 e. The van der Waals surface area contributed by atoms with Crippen molar-refractivity contribution in [2.45, 2.75) is 83.9 Å². The highest BCUT2D eigenvalue weighted by molar-refractivity contribution is 6.01. The maximum Gasteiger partial charge on any atom is 0.312 e. The highest BCUT2D eigenvalue weighted by atomic mass is 16.3. The fraction of sp³-hybridized carbons (Fsp3) is 0.548. The van der Waals surface area contributed by atoms with Crippen LogP contribution in [-0.4, -0.2) is 80.2 Å². The fourth-order valence-corrected chi connectivity index (χ4v) is 5.07. The minimum absolute atomic E-state index is 0.105. The summed E-state index contributed by atoms with van der Waals surface area (Å²) in [5.41, 5.74) is 6.80. The predicted molar refractivity (Wildman–Crippen MR) is 170 cm³/mol. The van der Waals surface area contributed by atoms with Crippen LogP contribution in [0.3, 0.4) is 0 Å². The number of primary amides is 1. The molecule has 0 unspecified atom stereocenters. The van der Waals surface area contributed by atoms with Gasteiger partial charge in [0.15, 0.2) is 0 Å². The lowest BCUT2D eigenvalue weighted by Crippen LogP contribution is -2.40. The molecular formula is C31H45N9O7. The Balaban J connectivity index is 1.53. The first-order valence-electron chi connectivity index (χ1n) is 15.8. The number of anilines is 1. The quantitative estimate of drug-likeness (QED) is 0.0936. The van der Waals surface area contributed by atoms with Crippen LogP contribution in [0.1, 0.15) is 88.6 Å². The normalized spacial score (nSPS) is 14.2. The fourth-order valence-electron chi connectivity index (χ4n) is 5.07. The molecule has 16 nitrogen and oxygen atoms in total. The average Bonchev–Trinajstić information content (AvgIpc) is 3.64. The number of nitrogens with one attached hydrogen (secondary N) is 4. The smallest absolute Gasteiger partial charge is 0.312 e. The minimum atomic E-state index is -0.803. The Labute approximate surface area is 273 Å². The minimum Gasteiger partial charge on any atom is -0.392 e. The molecule has 2 atom stereocenters. The van der Waals surface area contributed by atoms with E-state index in [9.17, 15) is 33.9 Å². The Hall–Kier alpha value is -4.86. The van der Waals surface area contributed by atoms with E-state index in [1.54, 1.807) is 30.5 Å². The molecule has 7 N–H and O–H groups in total. The topological polar surface area (TPSA) is 231 Å². The first kappa shape index (κ1) is 36.6. The van der Waals surface area contributed by atoms with E-state index in [0.717, 1.165) is 0 Å². The molecule has 0 radical (unpaired) electrons. The van der Waals surface area contributed by atoms with E-state index in [0.29, 0.717) is 55.6 Å². The monoisotopic (exact) mass is 655 g/mol. The average molecular weight is 656 g/mol. The van der Waals surface area contributed by atoms with Gasteiger partial charge in [-0.15, -0.1) is 5.10 Å². The van der Waals surface area contributed by atoms with Crippen molar-refractivity contribution in [3.63, 3.8) is 0 Å². The summed E-state index contributed by atoms with van der Waals surface area (Å²) in [7, 11) is 0. The molecule has 2 aromatic rings. The number of aliphatic hydroxyl groups is 1. The SMILES string of the molecule is CC(C)[C@H](NC(=O)CNC(=O)CCCCCN1C(=O)CCC1=O)c1cn([C@@H](CCCNC(N)=O)C(=O)Nc2ccc(CO)cc2)nn1. The summed E-state index contributed by atoms with van der Waals surface area (Å²) in [6.07, 6.45) is 4.88. The first-order valence-corrected chi connectivity index (χ1v) is 15.8. The van der Waals surface area contributed by atoms with Crippen LogP contribution >= 0.6 is 0 Å². The molecule has 0 aliphatic carbocycles. The number of aliphatic hydroxyl groups excluding tert-OH is 1. The lowest BCUT2D eigenvalue weighted by atomic mass is 10.0. The number of imide groups is 1. The number of carbonyl (C=O) groups is 6. The molecule has 1 aromatic heterocycles. The number of carbonyl (C=O) groups excluding carboxylic acids is 6. The number of urea groups is 1. The summed E-state index contributed by atoms with van der Waals surface area (Å²) in [6.45, 7) is 4.03. The molecule has 256 valence electrons. The van der Waals surface area contributed by atoms with Gasteiger partial charge in [-0.3, -0.25) is 28.9 Å². The lowest BCUT2D eigenvalue weighted by molar-refractivity contribution is -0.138. The summed E-state index contributed by atoms with van der Waals surface area (Å²) < 4.78 is 1.41. The summed E-state index contributed by atoms with van der Waals surface area (Å²) in [5.74, 6) is -1.48. The Bertz CT molecular complexity index is 1380. The lowest BCUT2D eigenvalue weighted by Gasteiger charge is -2.20. The van der Waals surface area contributed by atoms with Crippen LogP contribution in [0.4, 0.5) is 10.5 Å². The zero-order valence-electron chi connectivity index (χ0n) is 26.9. The predicted octanol–water partition coefficient (Wildman–Crippen LogP) is 1.04. The van der Waals surface area contributed by atoms with Crippen LogP contribution in [0.15, 0.2) is 30.5 Å². The molecule has 1 aliphatic heterocycles. The third-order valence-corrected chi connectivity index (χ3v) is 7.70. The molecule has 7 amide bonds. The highest BCUT2D eigenvalue weighted by Crippen LogP contribution is 2.23. The van der Waals surface area contributed by atoms with Crippen molar-refractivity contribution < 1.29 is 33.9 Å². The van der Waals surface area contributed by atoms with Gasteiger partial charge in [0, 0.05) is 38.0 Å². The second kappa shape index (κ2) is 18.3. The molecule has 0 spiro atoms. The standard InChI is InChI=1S/C31H45N9O7/c1-20(2)29(36-26(43)17-34-25(42)8-4-3-5-16-39-27(44)13-14-28(39)45)23-18-40(38-37-23)24(7-6-15-33-31(32)47)30(46)35-22-11-9-21(19-41)10-12-22/h9-12,18,20,24,29,41H,3-8,13-17,19H2,1-2H3,(H,34,42)(H,35,46)(H,36,43)(H3,32,33,47)/t24-,29-/m0/s1. The van der Waals surface area contributed by atoms with Gasteiger partial charge in [0.2, 0.25) is 29.5 Å². The van der Waals surface area contributed by atoms with Crippen molar-refractivity contribution in [3.05, 3.63) is 41.7 Å². The Morgan fingerprint density at radius 2 is 1.66 bits per heavy atom. The van der Waals surface area contributed by atoms with Crippen LogP contribution in [0, 0.1) is 5.92 Å². The van der Waals surface area contributed by atoms with E-state index in [4.69, 9.17) is 5.73 Å². The molecule has 3 rings (SSSR count). The van der Waals surface area contributed by atoms with Crippen LogP contribution in [0.2, 0.25) is 0 Å². The number of unbranched alkanes of at least 4 members (excludes halogenated alkanes) is 2. The Morgan fingerprint density at radius 3 is 2.30 bits per heavy atom. The first-order chi connectivity index (χ1) is 22.5. The molecular weight excluding hydrogens is 610 g/mol. The van der Waals surface area contributed by atoms with Gasteiger partial charge in [0.05, 0.1) is 25.4 Å². The number of likely N-dealkylation sites (tertiary alicyclic amines) is 1. The van der Waals surface area contributed by atoms with Gasteiger partial charge >= 0.3 is 6.03 Å². The molecule has 0 bridgehead atoms. The summed E-state index contributed by atoms with van der Waals surface area (Å²) >= 11 is 0. The van der Waals surface area contributed by atoms with Gasteiger partial charge in [-0.2, -0.15) is 0 Å². The summed E-state index contributed by atoms with van der Waals surface area (Å²) in [5, 5.41) is 28.5. The molecule has 47 heavy (non-hydrogen) atoms. The van der Waals surface area contributed by atoms with Crippen LogP contribution in [0.25, 0.3) is 0 Å². The molecule has 1 aliphatic rings. The number of nitrogens with two attached hydrogens (primary N) is 1. The maximum atomic E-state index is 13.3. The third kappa shape index (κ3) is 11.8. The highest BCUT2D eigenvalue weighted by Gasteiger charge is 2.28. The van der Waals surface area contributed by atoms with E-state index in [1.807, 2.05) is 13.8 Å². The van der Waals surface area contributed by atoms with E-state index >= 15 is 0 Å². The van der Waals surface area contributed by atoms with Crippen LogP contribution in [-0.2, 0) is 30.6 Å². The molecule has 2 heterocycles. The summed E-state index contributed by atoms with van der Waals surface area (Å²) in [4.78, 5) is 74.1. The molecule has 16 heteroatoms. The zero-order valence-corrected chi connectivity index (χ0v) is 26.9. The summed E-state index contributed by atoms with van der Waals surface area (Å²) in [6, 6.07) is 4.70. The van der Waals surface area contributed by atoms with Crippen molar-refractivity contribution in [2.24, 2.45) is 11.7 Å². The van der Waals surface area contributed by atoms with Crippen molar-refractivity contribution >= 4 is 41.3 Å². The number of hydrogen-bond donors (Lipinski definition) is 6. The number of benzene rings is 1. The number of amides is 7. The van der Waals surface area contributed by atoms with Crippen molar-refractivity contribution in [2.75, 3.05) is 25.0 Å². The maximum absolute atomic E-state index is 13.3. The molecule has 1 aromatic carbocycles. The molecule has 1 fully saturated rings. The van der Waals surface area contributed by atoms with Gasteiger partial charge in [0.25, 0.3) is 0 Å². The van der Waals surface area contributed by atoms with Gasteiger partial charge in [-0.05, 0) is 49.3 Å². The molecule has 0 saturated carbocycles. The second-order valence-corrected chi connectivity index (χ2v) is 11.7. The van der Waals surface area contributed by atoms with Gasteiger partial charge < -0.3 is 32.1 Å². The number of rotatable bonds is 19. The van der Waals surface area contributed by atoms with Gasteiger partial charge in [-0.1, -0.05) is 37.6 Å².